The van der Waals surface area contributed by atoms with Gasteiger partial charge in [-0.25, -0.2) is 0 Å². The number of carbonyl (C=O) groups excluding carboxylic acids is 1. The molecule has 0 saturated heterocycles. The molecule has 82 valence electrons. The molecule has 16 heavy (non-hydrogen) atoms. The van der Waals surface area contributed by atoms with Gasteiger partial charge in [0.15, 0.2) is 0 Å². The Morgan fingerprint density at radius 3 is 2.81 bits per heavy atom. The number of hydrogen-bond donors (Lipinski definition) is 0. The second kappa shape index (κ2) is 5.18. The van der Waals surface area contributed by atoms with Gasteiger partial charge in [0.1, 0.15) is 5.78 Å². The second-order valence-electron chi connectivity index (χ2n) is 3.98. The zero-order valence-corrected chi connectivity index (χ0v) is 9.74. The van der Waals surface area contributed by atoms with Crippen LogP contribution in [-0.4, -0.2) is 11.0 Å². The Bertz CT molecular complexity index is 410. The molecule has 1 aliphatic carbocycles. The molecule has 1 fully saturated rings. The van der Waals surface area contributed by atoms with Crippen LogP contribution in [-0.2, 0) is 4.79 Å². The molecule has 0 N–H and O–H groups in total. The summed E-state index contributed by atoms with van der Waals surface area (Å²) in [5.74, 6) is 0.539. The van der Waals surface area contributed by atoms with E-state index < -0.39 is 0 Å². The zero-order chi connectivity index (χ0) is 11.4. The van der Waals surface area contributed by atoms with Crippen molar-refractivity contribution in [2.75, 3.05) is 0 Å². The minimum absolute atomic E-state index is 0.0120. The maximum absolute atomic E-state index is 11.7. The highest BCUT2D eigenvalue weighted by Gasteiger charge is 2.34. The van der Waals surface area contributed by atoms with Crippen molar-refractivity contribution in [3.05, 3.63) is 30.3 Å². The van der Waals surface area contributed by atoms with Gasteiger partial charge in [-0.05, 0) is 24.5 Å². The number of benzene rings is 1. The molecule has 0 bridgehead atoms. The van der Waals surface area contributed by atoms with Crippen LogP contribution in [0.1, 0.15) is 19.3 Å². The van der Waals surface area contributed by atoms with Crippen LogP contribution in [0, 0.1) is 17.2 Å². The van der Waals surface area contributed by atoms with E-state index >= 15 is 0 Å². The SMILES string of the molecule is N#CCC1CCC(=O)C1Sc1ccccc1. The van der Waals surface area contributed by atoms with Crippen molar-refractivity contribution in [2.45, 2.75) is 29.4 Å². The highest BCUT2D eigenvalue weighted by atomic mass is 32.2. The van der Waals surface area contributed by atoms with Gasteiger partial charge in [0.2, 0.25) is 0 Å². The van der Waals surface area contributed by atoms with Crippen molar-refractivity contribution in [1.29, 1.82) is 5.26 Å². The lowest BCUT2D eigenvalue weighted by Gasteiger charge is -2.14. The van der Waals surface area contributed by atoms with Crippen LogP contribution in [0.5, 0.6) is 0 Å². The number of hydrogen-bond acceptors (Lipinski definition) is 3. The van der Waals surface area contributed by atoms with Crippen LogP contribution in [0.3, 0.4) is 0 Å². The van der Waals surface area contributed by atoms with E-state index in [1.807, 2.05) is 30.3 Å². The van der Waals surface area contributed by atoms with Gasteiger partial charge < -0.3 is 0 Å². The molecule has 1 aromatic carbocycles. The van der Waals surface area contributed by atoms with Crippen LogP contribution < -0.4 is 0 Å². The molecule has 0 aliphatic heterocycles. The number of Topliss-reactive ketones (excluding diaryl/α,β-unsaturated/α-hetero) is 1. The fourth-order valence-corrected chi connectivity index (χ4v) is 3.30. The predicted octanol–water partition coefficient (Wildman–Crippen LogP) is 3.04. The fourth-order valence-electron chi connectivity index (χ4n) is 2.02. The van der Waals surface area contributed by atoms with E-state index in [4.69, 9.17) is 5.26 Å². The molecular weight excluding hydrogens is 218 g/mol. The first-order chi connectivity index (χ1) is 7.81. The van der Waals surface area contributed by atoms with Gasteiger partial charge in [-0.3, -0.25) is 4.79 Å². The van der Waals surface area contributed by atoms with Crippen molar-refractivity contribution in [2.24, 2.45) is 5.92 Å². The summed E-state index contributed by atoms with van der Waals surface area (Å²) < 4.78 is 0. The Morgan fingerprint density at radius 1 is 1.38 bits per heavy atom. The summed E-state index contributed by atoms with van der Waals surface area (Å²) in [5, 5.41) is 8.71. The largest absolute Gasteiger partial charge is 0.298 e. The normalized spacial score (nSPS) is 24.3. The number of rotatable bonds is 3. The van der Waals surface area contributed by atoms with E-state index in [9.17, 15) is 4.79 Å². The standard InChI is InChI=1S/C13H13NOS/c14-9-8-10-6-7-12(15)13(10)16-11-4-2-1-3-5-11/h1-5,10,13H,6-8H2. The molecule has 1 aliphatic rings. The summed E-state index contributed by atoms with van der Waals surface area (Å²) in [5.41, 5.74) is 0. The number of ketones is 1. The van der Waals surface area contributed by atoms with Crippen molar-refractivity contribution >= 4 is 17.5 Å². The van der Waals surface area contributed by atoms with Crippen LogP contribution in [0.15, 0.2) is 35.2 Å². The summed E-state index contributed by atoms with van der Waals surface area (Å²) in [6.45, 7) is 0. The molecule has 1 saturated carbocycles. The minimum Gasteiger partial charge on any atom is -0.298 e. The minimum atomic E-state index is -0.0120. The molecule has 2 unspecified atom stereocenters. The van der Waals surface area contributed by atoms with Gasteiger partial charge in [0.05, 0.1) is 11.3 Å². The van der Waals surface area contributed by atoms with Gasteiger partial charge >= 0.3 is 0 Å². The van der Waals surface area contributed by atoms with Gasteiger partial charge in [0, 0.05) is 17.7 Å². The summed E-state index contributed by atoms with van der Waals surface area (Å²) >= 11 is 1.61. The van der Waals surface area contributed by atoms with E-state index in [1.54, 1.807) is 11.8 Å². The quantitative estimate of drug-likeness (QED) is 0.802. The summed E-state index contributed by atoms with van der Waals surface area (Å²) in [7, 11) is 0. The fraction of sp³-hybridized carbons (Fsp3) is 0.385. The Hall–Kier alpha value is -1.27. The Balaban J connectivity index is 2.07. The molecule has 0 aromatic heterocycles. The van der Waals surface area contributed by atoms with E-state index in [0.29, 0.717) is 18.6 Å². The number of nitriles is 1. The van der Waals surface area contributed by atoms with Crippen molar-refractivity contribution in [1.82, 2.24) is 0 Å². The molecule has 0 spiro atoms. The third-order valence-electron chi connectivity index (χ3n) is 2.87. The first-order valence-electron chi connectivity index (χ1n) is 5.42. The Morgan fingerprint density at radius 2 is 2.12 bits per heavy atom. The predicted molar refractivity (Wildman–Crippen MR) is 64.0 cm³/mol. The molecule has 2 atom stereocenters. The monoisotopic (exact) mass is 231 g/mol. The highest BCUT2D eigenvalue weighted by molar-refractivity contribution is 8.00. The van der Waals surface area contributed by atoms with Crippen LogP contribution >= 0.6 is 11.8 Å². The molecule has 2 nitrogen and oxygen atoms in total. The molecule has 3 heteroatoms. The third-order valence-corrected chi connectivity index (χ3v) is 4.31. The van der Waals surface area contributed by atoms with E-state index in [0.717, 1.165) is 11.3 Å². The summed E-state index contributed by atoms with van der Waals surface area (Å²) in [4.78, 5) is 12.9. The third kappa shape index (κ3) is 2.45. The lowest BCUT2D eigenvalue weighted by Crippen LogP contribution is -2.16. The first-order valence-corrected chi connectivity index (χ1v) is 6.30. The van der Waals surface area contributed by atoms with Crippen LogP contribution in [0.4, 0.5) is 0 Å². The molecule has 0 heterocycles. The van der Waals surface area contributed by atoms with Crippen LogP contribution in [0.2, 0.25) is 0 Å². The zero-order valence-electron chi connectivity index (χ0n) is 8.93. The van der Waals surface area contributed by atoms with Crippen molar-refractivity contribution < 1.29 is 4.79 Å². The molecule has 1 aromatic rings. The number of thioether (sulfide) groups is 1. The van der Waals surface area contributed by atoms with Crippen molar-refractivity contribution in [3.8, 4) is 6.07 Å². The number of carbonyl (C=O) groups is 1. The van der Waals surface area contributed by atoms with E-state index in [2.05, 4.69) is 6.07 Å². The first kappa shape index (κ1) is 11.2. The van der Waals surface area contributed by atoms with Crippen molar-refractivity contribution in [3.63, 3.8) is 0 Å². The molecular formula is C13H13NOS. The molecule has 0 amide bonds. The average molecular weight is 231 g/mol. The van der Waals surface area contributed by atoms with Crippen LogP contribution in [0.25, 0.3) is 0 Å². The lowest BCUT2D eigenvalue weighted by molar-refractivity contribution is -0.117. The van der Waals surface area contributed by atoms with Gasteiger partial charge in [-0.1, -0.05) is 18.2 Å². The van der Waals surface area contributed by atoms with E-state index in [1.165, 1.54) is 0 Å². The topological polar surface area (TPSA) is 40.9 Å². The molecule has 0 radical (unpaired) electrons. The second-order valence-corrected chi connectivity index (χ2v) is 5.19. The van der Waals surface area contributed by atoms with E-state index in [-0.39, 0.29) is 11.2 Å². The van der Waals surface area contributed by atoms with Gasteiger partial charge in [-0.15, -0.1) is 11.8 Å². The maximum atomic E-state index is 11.7. The van der Waals surface area contributed by atoms with Gasteiger partial charge in [-0.2, -0.15) is 5.26 Å². The summed E-state index contributed by atoms with van der Waals surface area (Å²) in [6.07, 6.45) is 2.00. The highest BCUT2D eigenvalue weighted by Crippen LogP contribution is 2.38. The Labute approximate surface area is 99.7 Å². The molecule has 2 rings (SSSR count). The smallest absolute Gasteiger partial charge is 0.146 e. The Kier molecular flexibility index (Phi) is 3.63. The lowest BCUT2D eigenvalue weighted by atomic mass is 10.1. The average Bonchev–Trinajstić information content (AvgIpc) is 2.64. The number of nitrogens with zero attached hydrogens (tertiary/aromatic N) is 1. The maximum Gasteiger partial charge on any atom is 0.146 e. The van der Waals surface area contributed by atoms with Gasteiger partial charge in [0.25, 0.3) is 0 Å². The summed E-state index contributed by atoms with van der Waals surface area (Å²) in [6, 6.07) is 12.1.